The Morgan fingerprint density at radius 3 is 2.73 bits per heavy atom. The molecule has 1 amide bonds. The summed E-state index contributed by atoms with van der Waals surface area (Å²) in [5.41, 5.74) is 0.921. The van der Waals surface area contributed by atoms with Crippen molar-refractivity contribution in [3.63, 3.8) is 0 Å². The zero-order chi connectivity index (χ0) is 22.1. The van der Waals surface area contributed by atoms with E-state index in [0.717, 1.165) is 0 Å². The lowest BCUT2D eigenvalue weighted by Crippen LogP contribution is -2.23. The Morgan fingerprint density at radius 1 is 1.30 bits per heavy atom. The van der Waals surface area contributed by atoms with Gasteiger partial charge < -0.3 is 19.5 Å². The van der Waals surface area contributed by atoms with Gasteiger partial charge in [0.1, 0.15) is 0 Å². The second-order valence-corrected chi connectivity index (χ2v) is 6.30. The number of amides is 1. The Bertz CT molecular complexity index is 904. The van der Waals surface area contributed by atoms with Gasteiger partial charge in [-0.3, -0.25) is 4.79 Å². The molecule has 30 heavy (non-hydrogen) atoms. The van der Waals surface area contributed by atoms with E-state index in [0.29, 0.717) is 34.3 Å². The molecule has 2 rings (SSSR count). The lowest BCUT2D eigenvalue weighted by molar-refractivity contribution is -0.154. The quantitative estimate of drug-likeness (QED) is 0.580. The van der Waals surface area contributed by atoms with E-state index in [1.165, 1.54) is 37.6 Å². The number of rotatable bonds is 9. The van der Waals surface area contributed by atoms with Crippen LogP contribution in [0.1, 0.15) is 18.1 Å². The second-order valence-electron chi connectivity index (χ2n) is 5.89. The van der Waals surface area contributed by atoms with E-state index in [1.54, 1.807) is 12.1 Å². The number of nitrogens with zero attached hydrogens (tertiary/aromatic N) is 1. The maximum atomic E-state index is 12.3. The summed E-state index contributed by atoms with van der Waals surface area (Å²) in [7, 11) is 1.47. The highest BCUT2D eigenvalue weighted by molar-refractivity contribution is 6.32. The van der Waals surface area contributed by atoms with E-state index >= 15 is 0 Å². The molecule has 0 spiro atoms. The highest BCUT2D eigenvalue weighted by atomic mass is 35.5. The van der Waals surface area contributed by atoms with E-state index in [9.17, 15) is 18.0 Å². The minimum absolute atomic E-state index is 0.0578. The Morgan fingerprint density at radius 2 is 2.07 bits per heavy atom. The van der Waals surface area contributed by atoms with E-state index in [4.69, 9.17) is 21.1 Å². The Kier molecular flexibility index (Phi) is 8.35. The summed E-state index contributed by atoms with van der Waals surface area (Å²) >= 11 is 6.17. The fourth-order valence-electron chi connectivity index (χ4n) is 2.40. The van der Waals surface area contributed by atoms with Gasteiger partial charge in [-0.05, 0) is 36.8 Å². The number of nitrogens with one attached hydrogen (secondary N) is 1. The topological polar surface area (TPSA) is 69.7 Å². The van der Waals surface area contributed by atoms with Crippen LogP contribution < -0.4 is 19.5 Å². The maximum Gasteiger partial charge on any atom is 0.422 e. The summed E-state index contributed by atoms with van der Waals surface area (Å²) in [6.07, 6.45) is -0.394. The second kappa shape index (κ2) is 10.7. The monoisotopic (exact) mass is 444 g/mol. The molecule has 0 aliphatic carbocycles. The molecule has 1 N–H and O–H groups in total. The van der Waals surface area contributed by atoms with Gasteiger partial charge >= 0.3 is 6.18 Å². The van der Waals surface area contributed by atoms with Crippen molar-refractivity contribution in [2.45, 2.75) is 19.6 Å². The molecule has 0 unspecified atom stereocenters. The summed E-state index contributed by atoms with van der Waals surface area (Å²) in [6.45, 7) is 0.696. The smallest absolute Gasteiger partial charge is 0.422 e. The molecule has 0 saturated carbocycles. The molecule has 162 valence electrons. The van der Waals surface area contributed by atoms with Crippen LogP contribution in [0.5, 0.6) is 17.4 Å². The highest BCUT2D eigenvalue weighted by Crippen LogP contribution is 2.36. The van der Waals surface area contributed by atoms with E-state index in [-0.39, 0.29) is 12.4 Å². The number of hydrogen-bond acceptors (Lipinski definition) is 5. The Labute approximate surface area is 176 Å². The van der Waals surface area contributed by atoms with Crippen molar-refractivity contribution in [3.05, 3.63) is 52.7 Å². The van der Waals surface area contributed by atoms with Gasteiger partial charge in [0.05, 0.1) is 18.7 Å². The van der Waals surface area contributed by atoms with Crippen LogP contribution in [0.15, 0.2) is 36.5 Å². The largest absolute Gasteiger partial charge is 0.491 e. The van der Waals surface area contributed by atoms with Gasteiger partial charge in [0.2, 0.25) is 11.8 Å². The van der Waals surface area contributed by atoms with E-state index in [1.807, 2.05) is 6.92 Å². The SMILES string of the molecule is CCOc1cc(/C=C/C(=O)NCc2cccnc2OCC(F)(F)F)cc(Cl)c1OC. The van der Waals surface area contributed by atoms with Gasteiger partial charge in [-0.25, -0.2) is 4.98 Å². The van der Waals surface area contributed by atoms with Gasteiger partial charge in [0.15, 0.2) is 18.1 Å². The van der Waals surface area contributed by atoms with Gasteiger partial charge in [0.25, 0.3) is 0 Å². The molecule has 0 saturated heterocycles. The van der Waals surface area contributed by atoms with Crippen LogP contribution in [0.25, 0.3) is 6.08 Å². The number of halogens is 4. The average Bonchev–Trinajstić information content (AvgIpc) is 2.69. The normalized spacial score (nSPS) is 11.4. The van der Waals surface area contributed by atoms with Crippen molar-refractivity contribution in [2.24, 2.45) is 0 Å². The molecule has 0 bridgehead atoms. The van der Waals surface area contributed by atoms with Crippen molar-refractivity contribution in [1.82, 2.24) is 10.3 Å². The fourth-order valence-corrected chi connectivity index (χ4v) is 2.69. The van der Waals surface area contributed by atoms with Crippen molar-refractivity contribution in [1.29, 1.82) is 0 Å². The number of carbonyl (C=O) groups excluding carboxylic acids is 1. The molecule has 0 atom stereocenters. The van der Waals surface area contributed by atoms with Gasteiger partial charge in [-0.15, -0.1) is 0 Å². The maximum absolute atomic E-state index is 12.3. The molecule has 1 aromatic carbocycles. The van der Waals surface area contributed by atoms with Gasteiger partial charge in [-0.2, -0.15) is 13.2 Å². The molecule has 0 aliphatic heterocycles. The van der Waals surface area contributed by atoms with Gasteiger partial charge in [-0.1, -0.05) is 17.7 Å². The summed E-state index contributed by atoms with van der Waals surface area (Å²) < 4.78 is 52.4. The first-order valence-corrected chi connectivity index (χ1v) is 9.21. The zero-order valence-corrected chi connectivity index (χ0v) is 17.0. The highest BCUT2D eigenvalue weighted by Gasteiger charge is 2.29. The third kappa shape index (κ3) is 7.14. The van der Waals surface area contributed by atoms with Crippen molar-refractivity contribution in [3.8, 4) is 17.4 Å². The molecule has 2 aromatic rings. The predicted octanol–water partition coefficient (Wildman–Crippen LogP) is 4.41. The van der Waals surface area contributed by atoms with Crippen LogP contribution in [0, 0.1) is 0 Å². The van der Waals surface area contributed by atoms with Crippen LogP contribution in [0.3, 0.4) is 0 Å². The summed E-state index contributed by atoms with van der Waals surface area (Å²) in [5, 5.41) is 2.89. The number of pyridine rings is 1. The number of benzene rings is 1. The number of hydrogen-bond donors (Lipinski definition) is 1. The van der Waals surface area contributed by atoms with Crippen LogP contribution >= 0.6 is 11.6 Å². The van der Waals surface area contributed by atoms with Crippen LogP contribution in [0.2, 0.25) is 5.02 Å². The molecule has 1 aromatic heterocycles. The first kappa shape index (κ1) is 23.3. The van der Waals surface area contributed by atoms with Crippen LogP contribution in [0.4, 0.5) is 13.2 Å². The molecule has 0 fully saturated rings. The average molecular weight is 445 g/mol. The van der Waals surface area contributed by atoms with Crippen molar-refractivity contribution < 1.29 is 32.2 Å². The van der Waals surface area contributed by atoms with Crippen LogP contribution in [-0.4, -0.2) is 37.4 Å². The third-order valence-electron chi connectivity index (χ3n) is 3.64. The first-order chi connectivity index (χ1) is 14.2. The summed E-state index contributed by atoms with van der Waals surface area (Å²) in [4.78, 5) is 15.9. The molecule has 10 heteroatoms. The van der Waals surface area contributed by atoms with Gasteiger partial charge in [0, 0.05) is 24.4 Å². The number of carbonyl (C=O) groups is 1. The predicted molar refractivity (Wildman–Crippen MR) is 106 cm³/mol. The molecule has 0 radical (unpaired) electrons. The fraction of sp³-hybridized carbons (Fsp3) is 0.300. The van der Waals surface area contributed by atoms with Crippen LogP contribution in [-0.2, 0) is 11.3 Å². The molecule has 0 aliphatic rings. The third-order valence-corrected chi connectivity index (χ3v) is 3.92. The Balaban J connectivity index is 2.03. The van der Waals surface area contributed by atoms with Crippen molar-refractivity contribution in [2.75, 3.05) is 20.3 Å². The first-order valence-electron chi connectivity index (χ1n) is 8.83. The van der Waals surface area contributed by atoms with E-state index < -0.39 is 18.7 Å². The standard InChI is InChI=1S/C20H20ClF3N2O4/c1-3-29-16-10-13(9-15(21)18(16)28-2)6-7-17(27)26-11-14-5-4-8-25-19(14)30-12-20(22,23)24/h4-10H,3,11-12H2,1-2H3,(H,26,27)/b7-6+. The Hall–Kier alpha value is -2.94. The molecular weight excluding hydrogens is 425 g/mol. The summed E-state index contributed by atoms with van der Waals surface area (Å²) in [5.74, 6) is 0.172. The minimum atomic E-state index is -4.49. The molecule has 1 heterocycles. The number of alkyl halides is 3. The zero-order valence-electron chi connectivity index (χ0n) is 16.3. The lowest BCUT2D eigenvalue weighted by atomic mass is 10.2. The summed E-state index contributed by atoms with van der Waals surface area (Å²) in [6, 6.07) is 6.33. The number of methoxy groups -OCH3 is 1. The lowest BCUT2D eigenvalue weighted by Gasteiger charge is -2.12. The molecular formula is C20H20ClF3N2O4. The molecule has 6 nitrogen and oxygen atoms in total. The number of ether oxygens (including phenoxy) is 3. The van der Waals surface area contributed by atoms with E-state index in [2.05, 4.69) is 15.0 Å². The number of aromatic nitrogens is 1. The minimum Gasteiger partial charge on any atom is -0.491 e. The van der Waals surface area contributed by atoms with Crippen molar-refractivity contribution >= 4 is 23.6 Å².